The Balaban J connectivity index is 2.41. The Labute approximate surface area is 112 Å². The monoisotopic (exact) mass is 263 g/mol. The van der Waals surface area contributed by atoms with Crippen LogP contribution in [0.2, 0.25) is 5.02 Å². The number of hydrogen-bond donors (Lipinski definition) is 1. The van der Waals surface area contributed by atoms with Gasteiger partial charge in [-0.2, -0.15) is 0 Å². The maximum absolute atomic E-state index is 13.5. The minimum atomic E-state index is -0.209. The summed E-state index contributed by atoms with van der Waals surface area (Å²) < 4.78 is 13.5. The molecule has 0 heterocycles. The molecule has 0 saturated heterocycles. The van der Waals surface area contributed by atoms with Gasteiger partial charge in [-0.05, 0) is 54.9 Å². The van der Waals surface area contributed by atoms with E-state index in [0.717, 1.165) is 16.7 Å². The molecule has 2 aromatic rings. The van der Waals surface area contributed by atoms with Crippen molar-refractivity contribution in [2.24, 2.45) is 0 Å². The van der Waals surface area contributed by atoms with E-state index in [1.807, 2.05) is 44.3 Å². The molecule has 0 fully saturated rings. The Hall–Kier alpha value is -1.38. The molecule has 1 N–H and O–H groups in total. The third-order valence-corrected chi connectivity index (χ3v) is 3.14. The van der Waals surface area contributed by atoms with Gasteiger partial charge in [-0.1, -0.05) is 29.8 Å². The van der Waals surface area contributed by atoms with Crippen LogP contribution in [0.25, 0.3) is 0 Å². The maximum Gasteiger partial charge on any atom is 0.123 e. The van der Waals surface area contributed by atoms with Crippen molar-refractivity contribution in [1.82, 2.24) is 5.32 Å². The second-order valence-corrected chi connectivity index (χ2v) is 4.77. The summed E-state index contributed by atoms with van der Waals surface area (Å²) in [6, 6.07) is 12.6. The van der Waals surface area contributed by atoms with E-state index in [9.17, 15) is 4.39 Å². The first-order chi connectivity index (χ1) is 8.60. The number of hydrogen-bond acceptors (Lipinski definition) is 1. The Morgan fingerprint density at radius 3 is 2.28 bits per heavy atom. The zero-order valence-corrected chi connectivity index (χ0v) is 11.1. The summed E-state index contributed by atoms with van der Waals surface area (Å²) >= 11 is 5.88. The molecule has 0 saturated carbocycles. The van der Waals surface area contributed by atoms with Gasteiger partial charge in [0.1, 0.15) is 5.82 Å². The van der Waals surface area contributed by atoms with Crippen molar-refractivity contribution in [2.45, 2.75) is 13.0 Å². The van der Waals surface area contributed by atoms with Crippen molar-refractivity contribution in [3.05, 3.63) is 70.0 Å². The highest BCUT2D eigenvalue weighted by atomic mass is 35.5. The minimum Gasteiger partial charge on any atom is -0.309 e. The highest BCUT2D eigenvalue weighted by Gasteiger charge is 2.13. The molecule has 0 aromatic heterocycles. The van der Waals surface area contributed by atoms with Gasteiger partial charge in [-0.3, -0.25) is 0 Å². The molecule has 0 bridgehead atoms. The normalized spacial score (nSPS) is 12.4. The fourth-order valence-corrected chi connectivity index (χ4v) is 2.24. The number of halogens is 2. The summed E-state index contributed by atoms with van der Waals surface area (Å²) in [5, 5.41) is 3.90. The van der Waals surface area contributed by atoms with Crippen molar-refractivity contribution in [3.63, 3.8) is 0 Å². The van der Waals surface area contributed by atoms with Crippen LogP contribution in [0, 0.1) is 12.7 Å². The van der Waals surface area contributed by atoms with E-state index in [1.54, 1.807) is 6.07 Å². The third-order valence-electron chi connectivity index (χ3n) is 2.89. The van der Waals surface area contributed by atoms with E-state index in [4.69, 9.17) is 11.6 Å². The van der Waals surface area contributed by atoms with Gasteiger partial charge in [-0.15, -0.1) is 0 Å². The first-order valence-corrected chi connectivity index (χ1v) is 6.18. The van der Waals surface area contributed by atoms with Crippen molar-refractivity contribution >= 4 is 11.6 Å². The zero-order chi connectivity index (χ0) is 13.1. The van der Waals surface area contributed by atoms with Crippen LogP contribution >= 0.6 is 11.6 Å². The molecule has 2 rings (SSSR count). The number of nitrogens with one attached hydrogen (secondary N) is 1. The van der Waals surface area contributed by atoms with Gasteiger partial charge in [0.25, 0.3) is 0 Å². The molecule has 1 nitrogen and oxygen atoms in total. The standard InChI is InChI=1S/C15H15ClFN/c1-10-7-12(9-14(17)8-10)15(18-2)11-3-5-13(16)6-4-11/h3-9,15,18H,1-2H3. The van der Waals surface area contributed by atoms with Gasteiger partial charge < -0.3 is 5.32 Å². The lowest BCUT2D eigenvalue weighted by molar-refractivity contribution is 0.615. The predicted molar refractivity (Wildman–Crippen MR) is 73.5 cm³/mol. The Morgan fingerprint density at radius 1 is 1.06 bits per heavy atom. The second kappa shape index (κ2) is 5.51. The SMILES string of the molecule is CNC(c1ccc(Cl)cc1)c1cc(C)cc(F)c1. The summed E-state index contributed by atoms with van der Waals surface area (Å²) in [6.45, 7) is 1.89. The quantitative estimate of drug-likeness (QED) is 0.879. The fourth-order valence-electron chi connectivity index (χ4n) is 2.11. The van der Waals surface area contributed by atoms with E-state index in [-0.39, 0.29) is 11.9 Å². The van der Waals surface area contributed by atoms with Crippen LogP contribution < -0.4 is 5.32 Å². The summed E-state index contributed by atoms with van der Waals surface area (Å²) in [4.78, 5) is 0. The van der Waals surface area contributed by atoms with Crippen LogP contribution in [0.15, 0.2) is 42.5 Å². The average Bonchev–Trinajstić information content (AvgIpc) is 2.31. The van der Waals surface area contributed by atoms with Crippen LogP contribution in [0.4, 0.5) is 4.39 Å². The molecule has 1 unspecified atom stereocenters. The first-order valence-electron chi connectivity index (χ1n) is 5.80. The number of rotatable bonds is 3. The second-order valence-electron chi connectivity index (χ2n) is 4.34. The van der Waals surface area contributed by atoms with Crippen LogP contribution in [-0.4, -0.2) is 7.05 Å². The third kappa shape index (κ3) is 2.89. The van der Waals surface area contributed by atoms with Crippen molar-refractivity contribution in [3.8, 4) is 0 Å². The van der Waals surface area contributed by atoms with E-state index in [2.05, 4.69) is 5.32 Å². The van der Waals surface area contributed by atoms with Gasteiger partial charge in [-0.25, -0.2) is 4.39 Å². The topological polar surface area (TPSA) is 12.0 Å². The molecule has 18 heavy (non-hydrogen) atoms. The molecular formula is C15H15ClFN. The zero-order valence-electron chi connectivity index (χ0n) is 10.4. The van der Waals surface area contributed by atoms with Crippen LogP contribution in [0.5, 0.6) is 0 Å². The van der Waals surface area contributed by atoms with Gasteiger partial charge in [0.2, 0.25) is 0 Å². The molecule has 0 amide bonds. The lowest BCUT2D eigenvalue weighted by atomic mass is 9.97. The molecule has 94 valence electrons. The van der Waals surface area contributed by atoms with Crippen molar-refractivity contribution in [2.75, 3.05) is 7.05 Å². The summed E-state index contributed by atoms with van der Waals surface area (Å²) in [5.41, 5.74) is 2.89. The smallest absolute Gasteiger partial charge is 0.123 e. The van der Waals surface area contributed by atoms with Crippen LogP contribution in [-0.2, 0) is 0 Å². The highest BCUT2D eigenvalue weighted by molar-refractivity contribution is 6.30. The Kier molecular flexibility index (Phi) is 4.00. The maximum atomic E-state index is 13.5. The molecule has 2 aromatic carbocycles. The summed E-state index contributed by atoms with van der Waals surface area (Å²) in [7, 11) is 1.86. The van der Waals surface area contributed by atoms with Gasteiger partial charge >= 0.3 is 0 Å². The molecule has 0 spiro atoms. The molecule has 0 aliphatic carbocycles. The predicted octanol–water partition coefficient (Wildman–Crippen LogP) is 4.10. The average molecular weight is 264 g/mol. The Morgan fingerprint density at radius 2 is 1.72 bits per heavy atom. The lowest BCUT2D eigenvalue weighted by Gasteiger charge is -2.18. The van der Waals surface area contributed by atoms with Crippen molar-refractivity contribution in [1.29, 1.82) is 0 Å². The Bertz CT molecular complexity index is 516. The van der Waals surface area contributed by atoms with E-state index < -0.39 is 0 Å². The number of benzene rings is 2. The van der Waals surface area contributed by atoms with Gasteiger partial charge in [0.05, 0.1) is 6.04 Å². The minimum absolute atomic E-state index is 0.0309. The fraction of sp³-hybridized carbons (Fsp3) is 0.200. The van der Waals surface area contributed by atoms with Crippen LogP contribution in [0.3, 0.4) is 0 Å². The van der Waals surface area contributed by atoms with E-state index >= 15 is 0 Å². The van der Waals surface area contributed by atoms with Gasteiger partial charge in [0.15, 0.2) is 0 Å². The van der Waals surface area contributed by atoms with E-state index in [0.29, 0.717) is 5.02 Å². The molecular weight excluding hydrogens is 249 g/mol. The summed E-state index contributed by atoms with van der Waals surface area (Å²) in [5.74, 6) is -0.209. The largest absolute Gasteiger partial charge is 0.309 e. The van der Waals surface area contributed by atoms with Gasteiger partial charge in [0, 0.05) is 5.02 Å². The lowest BCUT2D eigenvalue weighted by Crippen LogP contribution is -2.17. The molecule has 1 atom stereocenters. The van der Waals surface area contributed by atoms with Crippen molar-refractivity contribution < 1.29 is 4.39 Å². The number of aryl methyl sites for hydroxylation is 1. The molecule has 0 radical (unpaired) electrons. The first kappa shape index (κ1) is 13.1. The summed E-state index contributed by atoms with van der Waals surface area (Å²) in [6.07, 6.45) is 0. The van der Waals surface area contributed by atoms with Crippen LogP contribution in [0.1, 0.15) is 22.7 Å². The molecule has 3 heteroatoms. The molecule has 0 aliphatic heterocycles. The van der Waals surface area contributed by atoms with E-state index in [1.165, 1.54) is 6.07 Å². The molecule has 0 aliphatic rings. The highest BCUT2D eigenvalue weighted by Crippen LogP contribution is 2.24.